The minimum atomic E-state index is -0.682. The third kappa shape index (κ3) is 4.38. The molecule has 2 atom stereocenters. The van der Waals surface area contributed by atoms with Crippen molar-refractivity contribution in [2.45, 2.75) is 50.4 Å². The third-order valence-corrected chi connectivity index (χ3v) is 5.96. The normalized spacial score (nSPS) is 15.8. The van der Waals surface area contributed by atoms with E-state index in [0.717, 1.165) is 19.3 Å². The Kier molecular flexibility index (Phi) is 6.39. The second kappa shape index (κ2) is 8.77. The van der Waals surface area contributed by atoms with Gasteiger partial charge in [-0.25, -0.2) is 9.78 Å². The van der Waals surface area contributed by atoms with Crippen LogP contribution in [0.1, 0.15) is 39.2 Å². The smallest absolute Gasteiger partial charge is 0.328 e. The van der Waals surface area contributed by atoms with Crippen LogP contribution in [0.5, 0.6) is 0 Å². The van der Waals surface area contributed by atoms with Crippen molar-refractivity contribution in [3.8, 4) is 0 Å². The number of hydrogen-bond acceptors (Lipinski definition) is 6. The molecule has 0 spiro atoms. The molecule has 1 aliphatic carbocycles. The molecule has 0 radical (unpaired) electrons. The third-order valence-electron chi connectivity index (χ3n) is 5.00. The lowest BCUT2D eigenvalue weighted by atomic mass is 9.99. The Bertz CT molecular complexity index is 939. The number of hydrogen-bond donors (Lipinski definition) is 1. The number of carbonyl (C=O) groups is 2. The van der Waals surface area contributed by atoms with Gasteiger partial charge in [-0.2, -0.15) is 0 Å². The summed E-state index contributed by atoms with van der Waals surface area (Å²) in [5, 5.41) is 3.89. The van der Waals surface area contributed by atoms with Crippen molar-refractivity contribution < 1.29 is 14.3 Å². The Labute approximate surface area is 167 Å². The maximum atomic E-state index is 12.9. The maximum absolute atomic E-state index is 12.9. The molecule has 3 rings (SSSR count). The van der Waals surface area contributed by atoms with Gasteiger partial charge in [-0.1, -0.05) is 44.2 Å². The summed E-state index contributed by atoms with van der Waals surface area (Å²) in [7, 11) is 1.31. The largest absolute Gasteiger partial charge is 0.467 e. The van der Waals surface area contributed by atoms with Crippen LogP contribution in [0.25, 0.3) is 10.9 Å². The monoisotopic (exact) mass is 403 g/mol. The van der Waals surface area contributed by atoms with E-state index in [1.54, 1.807) is 16.7 Å². The summed E-state index contributed by atoms with van der Waals surface area (Å²) in [6.07, 6.45) is 2.62. The molecular weight excluding hydrogens is 378 g/mol. The van der Waals surface area contributed by atoms with Crippen LogP contribution in [0.2, 0.25) is 0 Å². The van der Waals surface area contributed by atoms with Crippen molar-refractivity contribution in [2.24, 2.45) is 5.92 Å². The number of benzene rings is 1. The first-order valence-electron chi connectivity index (χ1n) is 9.47. The zero-order chi connectivity index (χ0) is 20.3. The van der Waals surface area contributed by atoms with Gasteiger partial charge in [-0.15, -0.1) is 0 Å². The lowest BCUT2D eigenvalue weighted by Crippen LogP contribution is -2.46. The first-order valence-corrected chi connectivity index (χ1v) is 10.5. The van der Waals surface area contributed by atoms with Crippen molar-refractivity contribution in [1.82, 2.24) is 14.9 Å². The van der Waals surface area contributed by atoms with E-state index >= 15 is 0 Å². The van der Waals surface area contributed by atoms with Crippen LogP contribution in [-0.2, 0) is 14.3 Å². The van der Waals surface area contributed by atoms with Gasteiger partial charge in [0.05, 0.1) is 23.8 Å². The molecule has 28 heavy (non-hydrogen) atoms. The molecule has 0 unspecified atom stereocenters. The summed E-state index contributed by atoms with van der Waals surface area (Å²) in [6.45, 7) is 3.85. The predicted molar refractivity (Wildman–Crippen MR) is 108 cm³/mol. The van der Waals surface area contributed by atoms with Gasteiger partial charge in [0.2, 0.25) is 5.91 Å². The quantitative estimate of drug-likeness (QED) is 0.414. The number of amides is 1. The summed E-state index contributed by atoms with van der Waals surface area (Å²) in [6, 6.07) is 6.71. The molecule has 1 aromatic carbocycles. The summed E-state index contributed by atoms with van der Waals surface area (Å²) in [4.78, 5) is 41.9. The number of ether oxygens (including phenoxy) is 1. The van der Waals surface area contributed by atoms with E-state index in [-0.39, 0.29) is 29.2 Å². The zero-order valence-corrected chi connectivity index (χ0v) is 17.1. The fourth-order valence-corrected chi connectivity index (χ4v) is 3.90. The molecule has 7 nitrogen and oxygen atoms in total. The van der Waals surface area contributed by atoms with E-state index in [9.17, 15) is 14.4 Å². The van der Waals surface area contributed by atoms with Crippen molar-refractivity contribution in [3.05, 3.63) is 34.6 Å². The van der Waals surface area contributed by atoms with Crippen LogP contribution in [0.15, 0.2) is 34.2 Å². The second-order valence-electron chi connectivity index (χ2n) is 7.06. The van der Waals surface area contributed by atoms with Gasteiger partial charge < -0.3 is 10.1 Å². The molecule has 0 aliphatic heterocycles. The molecule has 1 heterocycles. The van der Waals surface area contributed by atoms with Crippen LogP contribution in [0, 0.1) is 5.92 Å². The standard InChI is InChI=1S/C20H25N3O4S/c1-4-12(2)17(19(26)27-3)22-16(24)11-28-20-21-15-8-6-5-7-14(15)18(25)23(20)13-9-10-13/h5-8,12-13,17H,4,9-11H2,1-3H3,(H,22,24)/t12-,17+/m0/s1. The highest BCUT2D eigenvalue weighted by Crippen LogP contribution is 2.36. The molecule has 2 aromatic rings. The highest BCUT2D eigenvalue weighted by molar-refractivity contribution is 7.99. The van der Waals surface area contributed by atoms with Gasteiger partial charge in [-0.05, 0) is 30.9 Å². The Hall–Kier alpha value is -2.35. The number of para-hydroxylation sites is 1. The van der Waals surface area contributed by atoms with Gasteiger partial charge in [0.25, 0.3) is 5.56 Å². The summed E-state index contributed by atoms with van der Waals surface area (Å²) < 4.78 is 6.50. The number of carbonyl (C=O) groups excluding carboxylic acids is 2. The van der Waals surface area contributed by atoms with Crippen LogP contribution < -0.4 is 10.9 Å². The van der Waals surface area contributed by atoms with E-state index in [2.05, 4.69) is 10.3 Å². The average Bonchev–Trinajstić information content (AvgIpc) is 3.54. The van der Waals surface area contributed by atoms with Gasteiger partial charge in [0.1, 0.15) is 6.04 Å². The van der Waals surface area contributed by atoms with Crippen LogP contribution in [0.4, 0.5) is 0 Å². The molecule has 1 aromatic heterocycles. The number of fused-ring (bicyclic) bond motifs is 1. The predicted octanol–water partition coefficient (Wildman–Crippen LogP) is 2.53. The summed E-state index contributed by atoms with van der Waals surface area (Å²) >= 11 is 1.22. The van der Waals surface area contributed by atoms with E-state index in [4.69, 9.17) is 4.74 Å². The molecular formula is C20H25N3O4S. The van der Waals surface area contributed by atoms with Gasteiger partial charge in [0, 0.05) is 6.04 Å². The Morgan fingerprint density at radius 2 is 2.07 bits per heavy atom. The molecule has 1 aliphatic rings. The lowest BCUT2D eigenvalue weighted by Gasteiger charge is -2.21. The van der Waals surface area contributed by atoms with E-state index < -0.39 is 12.0 Å². The Morgan fingerprint density at radius 1 is 1.36 bits per heavy atom. The minimum Gasteiger partial charge on any atom is -0.467 e. The molecule has 1 N–H and O–H groups in total. The first-order chi connectivity index (χ1) is 13.5. The second-order valence-corrected chi connectivity index (χ2v) is 8.00. The molecule has 0 bridgehead atoms. The molecule has 150 valence electrons. The highest BCUT2D eigenvalue weighted by atomic mass is 32.2. The number of thioether (sulfide) groups is 1. The average molecular weight is 404 g/mol. The fourth-order valence-electron chi connectivity index (χ4n) is 3.02. The van der Waals surface area contributed by atoms with Crippen LogP contribution in [0.3, 0.4) is 0 Å². The van der Waals surface area contributed by atoms with E-state index in [1.165, 1.54) is 18.9 Å². The Balaban J connectivity index is 1.77. The van der Waals surface area contributed by atoms with Crippen molar-refractivity contribution in [1.29, 1.82) is 0 Å². The molecule has 1 fully saturated rings. The van der Waals surface area contributed by atoms with Crippen molar-refractivity contribution >= 4 is 34.5 Å². The van der Waals surface area contributed by atoms with Crippen molar-refractivity contribution in [3.63, 3.8) is 0 Å². The highest BCUT2D eigenvalue weighted by Gasteiger charge is 2.30. The minimum absolute atomic E-state index is 0.0372. The number of nitrogens with zero attached hydrogens (tertiary/aromatic N) is 2. The van der Waals surface area contributed by atoms with Crippen molar-refractivity contribution in [2.75, 3.05) is 12.9 Å². The summed E-state index contributed by atoms with van der Waals surface area (Å²) in [5.41, 5.74) is 0.558. The number of rotatable bonds is 8. The Morgan fingerprint density at radius 3 is 2.71 bits per heavy atom. The fraction of sp³-hybridized carbons (Fsp3) is 0.500. The molecule has 1 amide bonds. The molecule has 1 saturated carbocycles. The van der Waals surface area contributed by atoms with Gasteiger partial charge in [0.15, 0.2) is 5.16 Å². The molecule has 0 saturated heterocycles. The van der Waals surface area contributed by atoms with E-state index in [0.29, 0.717) is 16.1 Å². The molecule has 8 heteroatoms. The van der Waals surface area contributed by atoms with Crippen LogP contribution in [-0.4, -0.2) is 40.3 Å². The summed E-state index contributed by atoms with van der Waals surface area (Å²) in [5.74, 6) is -0.705. The topological polar surface area (TPSA) is 90.3 Å². The number of methoxy groups -OCH3 is 1. The van der Waals surface area contributed by atoms with Gasteiger partial charge >= 0.3 is 5.97 Å². The zero-order valence-electron chi connectivity index (χ0n) is 16.3. The maximum Gasteiger partial charge on any atom is 0.328 e. The first kappa shape index (κ1) is 20.4. The number of aromatic nitrogens is 2. The van der Waals surface area contributed by atoms with Crippen LogP contribution >= 0.6 is 11.8 Å². The number of nitrogens with one attached hydrogen (secondary N) is 1. The van der Waals surface area contributed by atoms with E-state index in [1.807, 2.05) is 26.0 Å². The lowest BCUT2D eigenvalue weighted by molar-refractivity contribution is -0.146. The SMILES string of the molecule is CC[C@H](C)[C@@H](NC(=O)CSc1nc2ccccc2c(=O)n1C1CC1)C(=O)OC. The van der Waals surface area contributed by atoms with Gasteiger partial charge in [-0.3, -0.25) is 14.2 Å². The number of esters is 1.